The molecule has 0 unspecified atom stereocenters. The zero-order valence-electron chi connectivity index (χ0n) is 10.6. The molecule has 1 heterocycles. The topological polar surface area (TPSA) is 22.1 Å². The number of rotatable bonds is 3. The summed E-state index contributed by atoms with van der Waals surface area (Å²) in [7, 11) is 0. The molecule has 94 valence electrons. The van der Waals surface area contributed by atoms with Gasteiger partial charge in [-0.15, -0.1) is 0 Å². The summed E-state index contributed by atoms with van der Waals surface area (Å²) in [5, 5.41) is 1.75. The highest BCUT2D eigenvalue weighted by molar-refractivity contribution is 6.35. The third-order valence-electron chi connectivity index (χ3n) is 3.12. The summed E-state index contributed by atoms with van der Waals surface area (Å²) in [4.78, 5) is 4.68. The zero-order chi connectivity index (χ0) is 12.7. The Hall–Kier alpha value is -1.28. The first-order valence-corrected chi connectivity index (χ1v) is 6.78. The number of halogens is 1. The van der Waals surface area contributed by atoms with Crippen LogP contribution in [-0.2, 0) is 0 Å². The lowest BCUT2D eigenvalue weighted by molar-refractivity contribution is 0.243. The standard InChI is InChI=1S/C15H16ClNO/c1-9(2)18-11-5-6-14-12(7-11)13(16)8-15(17-14)10-3-4-10/h5-10H,3-4H2,1-2H3. The third-order valence-corrected chi connectivity index (χ3v) is 3.43. The largest absolute Gasteiger partial charge is 0.491 e. The number of benzene rings is 1. The van der Waals surface area contributed by atoms with Crippen LogP contribution in [0, 0.1) is 0 Å². The maximum Gasteiger partial charge on any atom is 0.120 e. The van der Waals surface area contributed by atoms with E-state index in [1.807, 2.05) is 38.1 Å². The number of pyridine rings is 1. The van der Waals surface area contributed by atoms with Gasteiger partial charge in [0.05, 0.1) is 16.6 Å². The van der Waals surface area contributed by atoms with Gasteiger partial charge < -0.3 is 4.74 Å². The van der Waals surface area contributed by atoms with Crippen LogP contribution in [0.2, 0.25) is 5.02 Å². The van der Waals surface area contributed by atoms with Crippen molar-refractivity contribution >= 4 is 22.5 Å². The van der Waals surface area contributed by atoms with Crippen LogP contribution in [-0.4, -0.2) is 11.1 Å². The molecule has 18 heavy (non-hydrogen) atoms. The Balaban J connectivity index is 2.05. The van der Waals surface area contributed by atoms with Crippen LogP contribution in [0.15, 0.2) is 24.3 Å². The number of hydrogen-bond acceptors (Lipinski definition) is 2. The van der Waals surface area contributed by atoms with E-state index in [0.717, 1.165) is 27.4 Å². The fourth-order valence-electron chi connectivity index (χ4n) is 2.12. The summed E-state index contributed by atoms with van der Waals surface area (Å²) in [6.45, 7) is 4.03. The van der Waals surface area contributed by atoms with E-state index in [0.29, 0.717) is 5.92 Å². The molecule has 1 saturated carbocycles. The monoisotopic (exact) mass is 261 g/mol. The summed E-state index contributed by atoms with van der Waals surface area (Å²) >= 11 is 6.35. The van der Waals surface area contributed by atoms with Crippen molar-refractivity contribution in [1.29, 1.82) is 0 Å². The molecular formula is C15H16ClNO. The molecule has 1 aromatic heterocycles. The van der Waals surface area contributed by atoms with Gasteiger partial charge in [0, 0.05) is 17.0 Å². The average molecular weight is 262 g/mol. The van der Waals surface area contributed by atoms with Crippen molar-refractivity contribution in [2.24, 2.45) is 0 Å². The molecule has 0 N–H and O–H groups in total. The molecule has 3 rings (SSSR count). The summed E-state index contributed by atoms with van der Waals surface area (Å²) in [5.74, 6) is 1.47. The van der Waals surface area contributed by atoms with E-state index >= 15 is 0 Å². The molecule has 3 heteroatoms. The Morgan fingerprint density at radius 2 is 2.06 bits per heavy atom. The highest BCUT2D eigenvalue weighted by Crippen LogP contribution is 2.41. The summed E-state index contributed by atoms with van der Waals surface area (Å²) in [6.07, 6.45) is 2.65. The van der Waals surface area contributed by atoms with Gasteiger partial charge in [0.1, 0.15) is 5.75 Å². The first-order chi connectivity index (χ1) is 8.63. The molecule has 1 aromatic carbocycles. The number of hydrogen-bond donors (Lipinski definition) is 0. The van der Waals surface area contributed by atoms with Crippen molar-refractivity contribution in [3.05, 3.63) is 35.0 Å². The maximum absolute atomic E-state index is 6.35. The van der Waals surface area contributed by atoms with Crippen LogP contribution in [0.1, 0.15) is 38.3 Å². The minimum Gasteiger partial charge on any atom is -0.491 e. The lowest BCUT2D eigenvalue weighted by Gasteiger charge is -2.11. The van der Waals surface area contributed by atoms with E-state index in [-0.39, 0.29) is 6.10 Å². The number of fused-ring (bicyclic) bond motifs is 1. The lowest BCUT2D eigenvalue weighted by Crippen LogP contribution is -2.05. The molecule has 0 bridgehead atoms. The predicted molar refractivity (Wildman–Crippen MR) is 74.5 cm³/mol. The van der Waals surface area contributed by atoms with Crippen molar-refractivity contribution < 1.29 is 4.74 Å². The van der Waals surface area contributed by atoms with Crippen LogP contribution >= 0.6 is 11.6 Å². The molecule has 0 radical (unpaired) electrons. The number of aromatic nitrogens is 1. The Morgan fingerprint density at radius 1 is 1.28 bits per heavy atom. The molecule has 0 saturated heterocycles. The van der Waals surface area contributed by atoms with Crippen LogP contribution in [0.3, 0.4) is 0 Å². The van der Waals surface area contributed by atoms with E-state index < -0.39 is 0 Å². The zero-order valence-corrected chi connectivity index (χ0v) is 11.4. The van der Waals surface area contributed by atoms with Crippen molar-refractivity contribution in [2.75, 3.05) is 0 Å². The number of nitrogens with zero attached hydrogens (tertiary/aromatic N) is 1. The second kappa shape index (κ2) is 4.43. The Morgan fingerprint density at radius 3 is 2.72 bits per heavy atom. The van der Waals surface area contributed by atoms with Crippen LogP contribution < -0.4 is 4.74 Å². The van der Waals surface area contributed by atoms with E-state index in [1.54, 1.807) is 0 Å². The van der Waals surface area contributed by atoms with E-state index in [4.69, 9.17) is 16.3 Å². The maximum atomic E-state index is 6.35. The average Bonchev–Trinajstić information content (AvgIpc) is 3.12. The molecule has 0 aliphatic heterocycles. The van der Waals surface area contributed by atoms with Crippen LogP contribution in [0.4, 0.5) is 0 Å². The van der Waals surface area contributed by atoms with E-state index in [9.17, 15) is 0 Å². The predicted octanol–water partition coefficient (Wildman–Crippen LogP) is 4.55. The van der Waals surface area contributed by atoms with Gasteiger partial charge in [0.2, 0.25) is 0 Å². The minimum atomic E-state index is 0.167. The van der Waals surface area contributed by atoms with Gasteiger partial charge in [-0.3, -0.25) is 4.98 Å². The van der Waals surface area contributed by atoms with Crippen molar-refractivity contribution in [3.8, 4) is 5.75 Å². The first kappa shape index (κ1) is 11.8. The van der Waals surface area contributed by atoms with E-state index in [2.05, 4.69) is 4.98 Å². The van der Waals surface area contributed by atoms with Gasteiger partial charge in [0.25, 0.3) is 0 Å². The minimum absolute atomic E-state index is 0.167. The molecule has 0 amide bonds. The molecule has 1 aliphatic carbocycles. The van der Waals surface area contributed by atoms with Crippen LogP contribution in [0.5, 0.6) is 5.75 Å². The summed E-state index contributed by atoms with van der Waals surface area (Å²) < 4.78 is 5.68. The Bertz CT molecular complexity index is 590. The van der Waals surface area contributed by atoms with Gasteiger partial charge >= 0.3 is 0 Å². The fourth-order valence-corrected chi connectivity index (χ4v) is 2.38. The van der Waals surface area contributed by atoms with Crippen LogP contribution in [0.25, 0.3) is 10.9 Å². The van der Waals surface area contributed by atoms with Crippen molar-refractivity contribution in [3.63, 3.8) is 0 Å². The quantitative estimate of drug-likeness (QED) is 0.808. The van der Waals surface area contributed by atoms with Crippen molar-refractivity contribution in [1.82, 2.24) is 4.98 Å². The number of ether oxygens (including phenoxy) is 1. The SMILES string of the molecule is CC(C)Oc1ccc2nc(C3CC3)cc(Cl)c2c1. The molecule has 0 atom stereocenters. The van der Waals surface area contributed by atoms with E-state index in [1.165, 1.54) is 12.8 Å². The summed E-state index contributed by atoms with van der Waals surface area (Å²) in [5.41, 5.74) is 2.09. The molecule has 2 aromatic rings. The molecular weight excluding hydrogens is 246 g/mol. The normalized spacial score (nSPS) is 15.3. The van der Waals surface area contributed by atoms with Gasteiger partial charge in [-0.25, -0.2) is 0 Å². The van der Waals surface area contributed by atoms with Gasteiger partial charge in [-0.1, -0.05) is 11.6 Å². The molecule has 2 nitrogen and oxygen atoms in total. The second-order valence-electron chi connectivity index (χ2n) is 5.15. The highest BCUT2D eigenvalue weighted by atomic mass is 35.5. The summed E-state index contributed by atoms with van der Waals surface area (Å²) in [6, 6.07) is 7.93. The van der Waals surface area contributed by atoms with Gasteiger partial charge in [-0.05, 0) is 51.0 Å². The highest BCUT2D eigenvalue weighted by Gasteiger charge is 2.25. The molecule has 0 spiro atoms. The molecule has 1 aliphatic rings. The van der Waals surface area contributed by atoms with Gasteiger partial charge in [0.15, 0.2) is 0 Å². The van der Waals surface area contributed by atoms with Gasteiger partial charge in [-0.2, -0.15) is 0 Å². The fraction of sp³-hybridized carbons (Fsp3) is 0.400. The smallest absolute Gasteiger partial charge is 0.120 e. The van der Waals surface area contributed by atoms with Crippen molar-refractivity contribution in [2.45, 2.75) is 38.7 Å². The first-order valence-electron chi connectivity index (χ1n) is 6.40. The Kier molecular flexibility index (Phi) is 2.90. The molecule has 1 fully saturated rings. The lowest BCUT2D eigenvalue weighted by atomic mass is 10.1. The third kappa shape index (κ3) is 2.30. The second-order valence-corrected chi connectivity index (χ2v) is 5.56. The Labute approximate surface area is 112 Å².